The van der Waals surface area contributed by atoms with E-state index in [1.807, 2.05) is 4.90 Å². The molecule has 1 aromatic rings. The average molecular weight is 311 g/mol. The van der Waals surface area contributed by atoms with Crippen LogP contribution in [0, 0.1) is 11.8 Å². The molecule has 1 amide bonds. The van der Waals surface area contributed by atoms with E-state index in [1.54, 1.807) is 18.3 Å². The Balaban J connectivity index is 1.69. The Morgan fingerprint density at radius 1 is 1.45 bits per heavy atom. The molecule has 0 aromatic carbocycles. The number of halogens is 2. The first-order chi connectivity index (χ1) is 10.5. The second-order valence-electron chi connectivity index (χ2n) is 5.99. The number of alkyl halides is 2. The molecule has 120 valence electrons. The Labute approximate surface area is 127 Å². The van der Waals surface area contributed by atoms with E-state index in [-0.39, 0.29) is 13.0 Å². The first-order valence-corrected chi connectivity index (χ1v) is 7.51. The van der Waals surface area contributed by atoms with Gasteiger partial charge in [-0.2, -0.15) is 0 Å². The van der Waals surface area contributed by atoms with Crippen molar-refractivity contribution in [3.05, 3.63) is 18.3 Å². The number of aliphatic hydroxyl groups excluding tert-OH is 1. The first-order valence-electron chi connectivity index (χ1n) is 7.51. The van der Waals surface area contributed by atoms with Gasteiger partial charge in [-0.3, -0.25) is 4.79 Å². The summed E-state index contributed by atoms with van der Waals surface area (Å²) in [6.45, 7) is 1.63. The highest BCUT2D eigenvalue weighted by Crippen LogP contribution is 2.49. The van der Waals surface area contributed by atoms with Crippen molar-refractivity contribution >= 4 is 17.4 Å². The van der Waals surface area contributed by atoms with Crippen LogP contribution in [0.1, 0.15) is 19.3 Å². The van der Waals surface area contributed by atoms with Crippen molar-refractivity contribution in [3.63, 3.8) is 0 Å². The van der Waals surface area contributed by atoms with Gasteiger partial charge in [-0.25, -0.2) is 13.8 Å². The lowest BCUT2D eigenvalue weighted by Crippen LogP contribution is -2.36. The second kappa shape index (κ2) is 5.79. The minimum atomic E-state index is -2.87. The number of piperidine rings is 1. The molecule has 3 rings (SSSR count). The van der Waals surface area contributed by atoms with Crippen molar-refractivity contribution in [1.82, 2.24) is 4.98 Å². The predicted molar refractivity (Wildman–Crippen MR) is 77.9 cm³/mol. The standard InChI is InChI=1S/C15H19F2N3O2/c16-15(17)8-11(15)14(22)19-12-2-1-5-18-13(12)20-6-3-10(9-21)4-7-20/h1-2,5,10-11,21H,3-4,6-9H2,(H,19,22)/t11-/m0/s1. The second-order valence-corrected chi connectivity index (χ2v) is 5.99. The molecule has 2 fully saturated rings. The van der Waals surface area contributed by atoms with Gasteiger partial charge in [0.05, 0.1) is 5.69 Å². The molecule has 0 radical (unpaired) electrons. The summed E-state index contributed by atoms with van der Waals surface area (Å²) in [5, 5.41) is 11.8. The topological polar surface area (TPSA) is 65.5 Å². The molecule has 2 heterocycles. The van der Waals surface area contributed by atoms with Gasteiger partial charge >= 0.3 is 0 Å². The number of carbonyl (C=O) groups is 1. The fraction of sp³-hybridized carbons (Fsp3) is 0.600. The summed E-state index contributed by atoms with van der Waals surface area (Å²) in [5.74, 6) is -3.84. The van der Waals surface area contributed by atoms with Gasteiger partial charge in [0.2, 0.25) is 5.91 Å². The van der Waals surface area contributed by atoms with Crippen LogP contribution in [0.5, 0.6) is 0 Å². The zero-order valence-electron chi connectivity index (χ0n) is 12.1. The summed E-state index contributed by atoms with van der Waals surface area (Å²) in [6.07, 6.45) is 2.94. The molecule has 1 saturated carbocycles. The maximum absolute atomic E-state index is 13.0. The van der Waals surface area contributed by atoms with Crippen LogP contribution in [-0.4, -0.2) is 41.6 Å². The molecule has 2 N–H and O–H groups in total. The molecule has 0 unspecified atom stereocenters. The summed E-state index contributed by atoms with van der Waals surface area (Å²) >= 11 is 0. The number of hydrogen-bond acceptors (Lipinski definition) is 4. The van der Waals surface area contributed by atoms with Crippen LogP contribution in [0.3, 0.4) is 0 Å². The highest BCUT2D eigenvalue weighted by atomic mass is 19.3. The van der Waals surface area contributed by atoms with E-state index in [9.17, 15) is 18.7 Å². The third-order valence-electron chi connectivity index (χ3n) is 4.36. The minimum Gasteiger partial charge on any atom is -0.396 e. The number of hydrogen-bond donors (Lipinski definition) is 2. The summed E-state index contributed by atoms with van der Waals surface area (Å²) in [7, 11) is 0. The molecule has 1 aromatic heterocycles. The van der Waals surface area contributed by atoms with Crippen molar-refractivity contribution in [2.75, 3.05) is 29.9 Å². The van der Waals surface area contributed by atoms with Crippen molar-refractivity contribution in [3.8, 4) is 0 Å². The third-order valence-corrected chi connectivity index (χ3v) is 4.36. The number of nitrogens with zero attached hydrogens (tertiary/aromatic N) is 2. The van der Waals surface area contributed by atoms with Gasteiger partial charge in [-0.15, -0.1) is 0 Å². The van der Waals surface area contributed by atoms with Crippen LogP contribution in [0.25, 0.3) is 0 Å². The number of anilines is 2. The van der Waals surface area contributed by atoms with Crippen molar-refractivity contribution < 1.29 is 18.7 Å². The fourth-order valence-corrected chi connectivity index (χ4v) is 2.79. The maximum Gasteiger partial charge on any atom is 0.260 e. The lowest BCUT2D eigenvalue weighted by Gasteiger charge is -2.33. The SMILES string of the molecule is O=C(Nc1cccnc1N1CCC(CO)CC1)[C@@H]1CC1(F)F. The monoisotopic (exact) mass is 311 g/mol. The van der Waals surface area contributed by atoms with Crippen LogP contribution in [-0.2, 0) is 4.79 Å². The molecule has 1 aliphatic carbocycles. The molecule has 22 heavy (non-hydrogen) atoms. The molecule has 1 saturated heterocycles. The summed E-state index contributed by atoms with van der Waals surface area (Å²) in [6, 6.07) is 3.35. The third kappa shape index (κ3) is 3.04. The van der Waals surface area contributed by atoms with Gasteiger partial charge in [0.15, 0.2) is 5.82 Å². The van der Waals surface area contributed by atoms with E-state index in [0.29, 0.717) is 17.4 Å². The van der Waals surface area contributed by atoms with Crippen LogP contribution >= 0.6 is 0 Å². The zero-order valence-corrected chi connectivity index (χ0v) is 12.1. The van der Waals surface area contributed by atoms with E-state index in [4.69, 9.17) is 0 Å². The van der Waals surface area contributed by atoms with Gasteiger partial charge in [0.1, 0.15) is 5.92 Å². The molecule has 1 aliphatic heterocycles. The number of amides is 1. The minimum absolute atomic E-state index is 0.177. The van der Waals surface area contributed by atoms with E-state index < -0.39 is 17.7 Å². The highest BCUT2D eigenvalue weighted by Gasteiger charge is 2.61. The first kappa shape index (κ1) is 15.1. The van der Waals surface area contributed by atoms with Crippen LogP contribution in [0.2, 0.25) is 0 Å². The van der Waals surface area contributed by atoms with E-state index in [2.05, 4.69) is 10.3 Å². The Morgan fingerprint density at radius 3 is 2.73 bits per heavy atom. The molecule has 0 bridgehead atoms. The molecular formula is C15H19F2N3O2. The summed E-state index contributed by atoms with van der Waals surface area (Å²) in [5.41, 5.74) is 0.470. The highest BCUT2D eigenvalue weighted by molar-refractivity contribution is 5.97. The summed E-state index contributed by atoms with van der Waals surface area (Å²) in [4.78, 5) is 18.2. The maximum atomic E-state index is 13.0. The van der Waals surface area contributed by atoms with Gasteiger partial charge in [-0.1, -0.05) is 0 Å². The number of rotatable bonds is 4. The van der Waals surface area contributed by atoms with Crippen LogP contribution in [0.15, 0.2) is 18.3 Å². The Morgan fingerprint density at radius 2 is 2.14 bits per heavy atom. The van der Waals surface area contributed by atoms with Gasteiger partial charge < -0.3 is 15.3 Å². The molecule has 0 spiro atoms. The van der Waals surface area contributed by atoms with Crippen molar-refractivity contribution in [2.24, 2.45) is 11.8 Å². The number of carbonyl (C=O) groups excluding carboxylic acids is 1. The Hall–Kier alpha value is -1.76. The predicted octanol–water partition coefficient (Wildman–Crippen LogP) is 1.88. The molecular weight excluding hydrogens is 292 g/mol. The fourth-order valence-electron chi connectivity index (χ4n) is 2.79. The molecule has 2 aliphatic rings. The van der Waals surface area contributed by atoms with Crippen molar-refractivity contribution in [1.29, 1.82) is 0 Å². The molecule has 1 atom stereocenters. The summed E-state index contributed by atoms with van der Waals surface area (Å²) < 4.78 is 26.0. The number of aromatic nitrogens is 1. The molecule has 7 heteroatoms. The lowest BCUT2D eigenvalue weighted by atomic mass is 9.98. The largest absolute Gasteiger partial charge is 0.396 e. The Kier molecular flexibility index (Phi) is 3.99. The number of nitrogens with one attached hydrogen (secondary N) is 1. The number of pyridine rings is 1. The zero-order chi connectivity index (χ0) is 15.7. The quantitative estimate of drug-likeness (QED) is 0.891. The van der Waals surface area contributed by atoms with Crippen LogP contribution in [0.4, 0.5) is 20.3 Å². The van der Waals surface area contributed by atoms with Gasteiger partial charge in [0, 0.05) is 32.3 Å². The molecule has 5 nitrogen and oxygen atoms in total. The Bertz CT molecular complexity index is 559. The van der Waals surface area contributed by atoms with Gasteiger partial charge in [0.25, 0.3) is 5.92 Å². The van der Waals surface area contributed by atoms with Gasteiger partial charge in [-0.05, 0) is 30.9 Å². The van der Waals surface area contributed by atoms with E-state index >= 15 is 0 Å². The average Bonchev–Trinajstić information content (AvgIpc) is 3.17. The van der Waals surface area contributed by atoms with E-state index in [0.717, 1.165) is 25.9 Å². The number of aliphatic hydroxyl groups is 1. The lowest BCUT2D eigenvalue weighted by molar-refractivity contribution is -0.119. The van der Waals surface area contributed by atoms with E-state index in [1.165, 1.54) is 0 Å². The smallest absolute Gasteiger partial charge is 0.260 e. The normalized spacial score (nSPS) is 24.1. The van der Waals surface area contributed by atoms with Crippen LogP contribution < -0.4 is 10.2 Å². The van der Waals surface area contributed by atoms with Crippen molar-refractivity contribution in [2.45, 2.75) is 25.2 Å².